The van der Waals surface area contributed by atoms with E-state index in [1.54, 1.807) is 29.6 Å². The number of benzene rings is 1. The summed E-state index contributed by atoms with van der Waals surface area (Å²) in [5, 5.41) is 9.65. The van der Waals surface area contributed by atoms with Gasteiger partial charge < -0.3 is 10.5 Å². The summed E-state index contributed by atoms with van der Waals surface area (Å²) in [4.78, 5) is 6.44. The minimum absolute atomic E-state index is 0.319. The Bertz CT molecular complexity index is 709. The van der Waals surface area contributed by atoms with Gasteiger partial charge in [0.05, 0.1) is 16.9 Å². The molecule has 6 heteroatoms. The summed E-state index contributed by atoms with van der Waals surface area (Å²) in [5.74, 6) is 0.531. The van der Waals surface area contributed by atoms with Gasteiger partial charge in [0.1, 0.15) is 18.4 Å². The van der Waals surface area contributed by atoms with Crippen LogP contribution in [0.15, 0.2) is 40.3 Å². The Morgan fingerprint density at radius 1 is 1.30 bits per heavy atom. The quantitative estimate of drug-likeness (QED) is 0.620. The Hall–Kier alpha value is -1.84. The molecule has 120 valence electrons. The first-order valence-electron chi connectivity index (χ1n) is 7.15. The van der Waals surface area contributed by atoms with Gasteiger partial charge in [0.25, 0.3) is 0 Å². The van der Waals surface area contributed by atoms with Gasteiger partial charge in [-0.3, -0.25) is 4.98 Å². The van der Waals surface area contributed by atoms with Crippen molar-refractivity contribution in [3.8, 4) is 11.8 Å². The maximum atomic E-state index is 9.23. The number of nitrogen functional groups attached to an aromatic ring is 1. The number of ether oxygens (including phenoxy) is 1. The predicted octanol–water partition coefficient (Wildman–Crippen LogP) is 4.34. The Morgan fingerprint density at radius 3 is 2.65 bits per heavy atom. The highest BCUT2D eigenvalue weighted by Crippen LogP contribution is 2.34. The molecule has 1 heterocycles. The van der Waals surface area contributed by atoms with E-state index in [-0.39, 0.29) is 0 Å². The number of hydrogen-bond donors (Lipinski definition) is 1. The lowest BCUT2D eigenvalue weighted by Gasteiger charge is -2.13. The lowest BCUT2D eigenvalue weighted by atomic mass is 10.2. The average molecular weight is 345 g/mol. The zero-order valence-corrected chi connectivity index (χ0v) is 15.0. The second-order valence-electron chi connectivity index (χ2n) is 5.14. The topological polar surface area (TPSA) is 71.9 Å². The standard InChI is InChI=1S/C17H19N3OS2/c1-11(2)23-15-6-12(8-18)17(19)16(7-15)21-10-13-4-5-14(22-3)9-20-13/h4-7,9,11H,10,19H2,1-3H3. The minimum atomic E-state index is 0.319. The molecule has 0 aliphatic rings. The number of nitrogens with zero attached hydrogens (tertiary/aromatic N) is 2. The number of aromatic nitrogens is 1. The van der Waals surface area contributed by atoms with Crippen LogP contribution in [0.3, 0.4) is 0 Å². The van der Waals surface area contributed by atoms with Crippen LogP contribution in [-0.2, 0) is 6.61 Å². The van der Waals surface area contributed by atoms with E-state index in [0.29, 0.717) is 28.9 Å². The van der Waals surface area contributed by atoms with Crippen molar-refractivity contribution < 1.29 is 4.74 Å². The van der Waals surface area contributed by atoms with Gasteiger partial charge in [-0.25, -0.2) is 0 Å². The molecule has 0 amide bonds. The number of pyridine rings is 1. The van der Waals surface area contributed by atoms with E-state index in [4.69, 9.17) is 10.5 Å². The maximum absolute atomic E-state index is 9.23. The Morgan fingerprint density at radius 2 is 2.09 bits per heavy atom. The summed E-state index contributed by atoms with van der Waals surface area (Å²) >= 11 is 3.32. The molecule has 1 aromatic carbocycles. The predicted molar refractivity (Wildman–Crippen MR) is 96.9 cm³/mol. The highest BCUT2D eigenvalue weighted by Gasteiger charge is 2.11. The third-order valence-corrected chi connectivity index (χ3v) is 4.71. The van der Waals surface area contributed by atoms with Gasteiger partial charge in [-0.2, -0.15) is 5.26 Å². The summed E-state index contributed by atoms with van der Waals surface area (Å²) in [6.07, 6.45) is 3.83. The van der Waals surface area contributed by atoms with Crippen LogP contribution < -0.4 is 10.5 Å². The molecule has 4 nitrogen and oxygen atoms in total. The van der Waals surface area contributed by atoms with Crippen LogP contribution in [0.4, 0.5) is 5.69 Å². The van der Waals surface area contributed by atoms with E-state index in [0.717, 1.165) is 15.5 Å². The van der Waals surface area contributed by atoms with Crippen molar-refractivity contribution in [3.63, 3.8) is 0 Å². The largest absolute Gasteiger partial charge is 0.485 e. The monoisotopic (exact) mass is 345 g/mol. The maximum Gasteiger partial charge on any atom is 0.145 e. The van der Waals surface area contributed by atoms with E-state index in [1.165, 1.54) is 0 Å². The van der Waals surface area contributed by atoms with E-state index in [2.05, 4.69) is 24.9 Å². The molecule has 1 aromatic heterocycles. The zero-order chi connectivity index (χ0) is 16.8. The molecule has 0 saturated heterocycles. The number of nitrogens with two attached hydrogens (primary N) is 1. The zero-order valence-electron chi connectivity index (χ0n) is 13.4. The van der Waals surface area contributed by atoms with E-state index in [1.807, 2.05) is 30.7 Å². The van der Waals surface area contributed by atoms with E-state index >= 15 is 0 Å². The summed E-state index contributed by atoms with van der Waals surface area (Å²) in [5.41, 5.74) is 7.66. The first-order chi connectivity index (χ1) is 11.0. The van der Waals surface area contributed by atoms with Gasteiger partial charge in [-0.05, 0) is 30.5 Å². The first kappa shape index (κ1) is 17.5. The molecule has 0 radical (unpaired) electrons. The van der Waals surface area contributed by atoms with E-state index in [9.17, 15) is 5.26 Å². The third kappa shape index (κ3) is 4.81. The molecular formula is C17H19N3OS2. The van der Waals surface area contributed by atoms with Crippen molar-refractivity contribution in [3.05, 3.63) is 41.7 Å². The molecule has 2 rings (SSSR count). The fraction of sp³-hybridized carbons (Fsp3) is 0.294. The molecule has 0 atom stereocenters. The number of rotatable bonds is 6. The van der Waals surface area contributed by atoms with Crippen LogP contribution in [0.25, 0.3) is 0 Å². The smallest absolute Gasteiger partial charge is 0.145 e. The molecule has 2 aromatic rings. The van der Waals surface area contributed by atoms with Crippen molar-refractivity contribution in [1.29, 1.82) is 5.26 Å². The van der Waals surface area contributed by atoms with Crippen molar-refractivity contribution in [2.75, 3.05) is 12.0 Å². The van der Waals surface area contributed by atoms with Crippen LogP contribution in [0.1, 0.15) is 25.1 Å². The Kier molecular flexibility index (Phi) is 6.20. The number of thioether (sulfide) groups is 2. The van der Waals surface area contributed by atoms with Crippen LogP contribution in [0.2, 0.25) is 0 Å². The van der Waals surface area contributed by atoms with Gasteiger partial charge in [0.2, 0.25) is 0 Å². The van der Waals surface area contributed by atoms with Crippen molar-refractivity contribution >= 4 is 29.2 Å². The van der Waals surface area contributed by atoms with E-state index < -0.39 is 0 Å². The van der Waals surface area contributed by atoms with Gasteiger partial charge in [0.15, 0.2) is 0 Å². The van der Waals surface area contributed by atoms with Crippen molar-refractivity contribution in [2.24, 2.45) is 0 Å². The van der Waals surface area contributed by atoms with Crippen LogP contribution in [0.5, 0.6) is 5.75 Å². The van der Waals surface area contributed by atoms with Crippen LogP contribution >= 0.6 is 23.5 Å². The van der Waals surface area contributed by atoms with Gasteiger partial charge >= 0.3 is 0 Å². The summed E-state index contributed by atoms with van der Waals surface area (Å²) < 4.78 is 5.80. The molecule has 0 fully saturated rings. The second kappa shape index (κ2) is 8.14. The highest BCUT2D eigenvalue weighted by atomic mass is 32.2. The lowest BCUT2D eigenvalue weighted by molar-refractivity contribution is 0.302. The molecule has 0 spiro atoms. The second-order valence-corrected chi connectivity index (χ2v) is 7.67. The lowest BCUT2D eigenvalue weighted by Crippen LogP contribution is -2.02. The molecule has 0 unspecified atom stereocenters. The van der Waals surface area contributed by atoms with Crippen LogP contribution in [-0.4, -0.2) is 16.5 Å². The normalized spacial score (nSPS) is 10.6. The van der Waals surface area contributed by atoms with Gasteiger partial charge in [-0.15, -0.1) is 23.5 Å². The Labute approximate surface area is 145 Å². The molecule has 0 saturated carbocycles. The fourth-order valence-electron chi connectivity index (χ4n) is 1.92. The van der Waals surface area contributed by atoms with Crippen LogP contribution in [0, 0.1) is 11.3 Å². The first-order valence-corrected chi connectivity index (χ1v) is 9.26. The van der Waals surface area contributed by atoms with Crippen molar-refractivity contribution in [2.45, 2.75) is 35.5 Å². The molecule has 0 bridgehead atoms. The van der Waals surface area contributed by atoms with Gasteiger partial charge in [-0.1, -0.05) is 13.8 Å². The summed E-state index contributed by atoms with van der Waals surface area (Å²) in [7, 11) is 0. The number of hydrogen-bond acceptors (Lipinski definition) is 6. The minimum Gasteiger partial charge on any atom is -0.485 e. The summed E-state index contributed by atoms with van der Waals surface area (Å²) in [6, 6.07) is 9.75. The Balaban J connectivity index is 2.18. The fourth-order valence-corrected chi connectivity index (χ4v) is 3.19. The third-order valence-electron chi connectivity index (χ3n) is 3.02. The molecule has 0 aliphatic heterocycles. The number of anilines is 1. The highest BCUT2D eigenvalue weighted by molar-refractivity contribution is 8.00. The molecule has 2 N–H and O–H groups in total. The molecular weight excluding hydrogens is 326 g/mol. The summed E-state index contributed by atoms with van der Waals surface area (Å²) in [6.45, 7) is 4.52. The molecule has 23 heavy (non-hydrogen) atoms. The number of nitriles is 1. The SMILES string of the molecule is CSc1ccc(COc2cc(SC(C)C)cc(C#N)c2N)nc1. The van der Waals surface area contributed by atoms with Gasteiger partial charge in [0, 0.05) is 21.2 Å². The molecule has 0 aliphatic carbocycles. The average Bonchev–Trinajstić information content (AvgIpc) is 2.55. The van der Waals surface area contributed by atoms with Crippen molar-refractivity contribution in [1.82, 2.24) is 4.98 Å².